The first kappa shape index (κ1) is 34.2. The molecule has 0 amide bonds. The lowest BCUT2D eigenvalue weighted by atomic mass is 10.1. The zero-order valence-corrected chi connectivity index (χ0v) is 30.0. The minimum atomic E-state index is 0.275. The van der Waals surface area contributed by atoms with Crippen molar-refractivity contribution in [2.75, 3.05) is 39.5 Å². The summed E-state index contributed by atoms with van der Waals surface area (Å²) in [6.45, 7) is 5.31. The van der Waals surface area contributed by atoms with Gasteiger partial charge in [-0.1, -0.05) is 24.3 Å². The van der Waals surface area contributed by atoms with Gasteiger partial charge < -0.3 is 14.6 Å². The molecule has 0 bridgehead atoms. The molecule has 3 aromatic heterocycles. The number of nitrogens with zero attached hydrogens (tertiary/aromatic N) is 4. The Morgan fingerprint density at radius 1 is 0.614 bits per heavy atom. The highest BCUT2D eigenvalue weighted by atomic mass is 79.9. The van der Waals surface area contributed by atoms with Gasteiger partial charge in [-0.25, -0.2) is 0 Å². The average Bonchev–Trinajstić information content (AvgIpc) is 3.03. The maximum Gasteiger partial charge on any atom is 0.119 e. The Morgan fingerprint density at radius 2 is 1.07 bits per heavy atom. The molecular formula is C33H30Br4N4O3. The second kappa shape index (κ2) is 18.3. The van der Waals surface area contributed by atoms with Crippen LogP contribution in [0.15, 0.2) is 122 Å². The van der Waals surface area contributed by atoms with Gasteiger partial charge in [0, 0.05) is 85.8 Å². The number of benzene rings is 2. The van der Waals surface area contributed by atoms with E-state index in [1.807, 2.05) is 42.6 Å². The van der Waals surface area contributed by atoms with Crippen molar-refractivity contribution in [1.82, 2.24) is 19.9 Å². The number of phenols is 1. The molecule has 0 aliphatic carbocycles. The quantitative estimate of drug-likeness (QED) is 0.183. The Bertz CT molecular complexity index is 1570. The maximum atomic E-state index is 9.13. The molecule has 7 nitrogen and oxygen atoms in total. The molecule has 0 atom stereocenters. The van der Waals surface area contributed by atoms with Crippen LogP contribution in [-0.2, 0) is 4.74 Å². The second-order valence-electron chi connectivity index (χ2n) is 9.48. The third-order valence-corrected chi connectivity index (χ3v) is 7.98. The second-order valence-corrected chi connectivity index (χ2v) is 13.1. The molecule has 0 radical (unpaired) electrons. The van der Waals surface area contributed by atoms with E-state index in [2.05, 4.69) is 102 Å². The van der Waals surface area contributed by atoms with E-state index >= 15 is 0 Å². The molecule has 1 saturated heterocycles. The minimum absolute atomic E-state index is 0.275. The van der Waals surface area contributed by atoms with Crippen LogP contribution in [0.4, 0.5) is 0 Å². The lowest BCUT2D eigenvalue weighted by Crippen LogP contribution is -2.38. The van der Waals surface area contributed by atoms with Crippen molar-refractivity contribution >= 4 is 63.7 Å². The molecule has 4 heterocycles. The Balaban J connectivity index is 0.000000170. The Morgan fingerprint density at radius 3 is 1.52 bits per heavy atom. The van der Waals surface area contributed by atoms with Gasteiger partial charge in [0.05, 0.1) is 13.2 Å². The molecule has 1 N–H and O–H groups in total. The SMILES string of the molecule is Brc1cncc(-c2ccc(OCCN3CCOCC3)cc2)c1.Brc1cncc(Br)c1.Oc1ccc(-c2cncc(Br)c2)cc1. The number of morpholine rings is 1. The van der Waals surface area contributed by atoms with Crippen molar-refractivity contribution in [3.8, 4) is 33.8 Å². The Hall–Kier alpha value is -2.67. The van der Waals surface area contributed by atoms with Crippen LogP contribution in [0.2, 0.25) is 0 Å². The highest BCUT2D eigenvalue weighted by molar-refractivity contribution is 9.11. The van der Waals surface area contributed by atoms with Crippen LogP contribution in [-0.4, -0.2) is 64.4 Å². The van der Waals surface area contributed by atoms with E-state index in [4.69, 9.17) is 14.6 Å². The molecule has 6 rings (SSSR count). The van der Waals surface area contributed by atoms with Gasteiger partial charge in [0.25, 0.3) is 0 Å². The number of aromatic nitrogens is 3. The molecule has 0 saturated carbocycles. The van der Waals surface area contributed by atoms with Crippen molar-refractivity contribution in [2.24, 2.45) is 0 Å². The summed E-state index contributed by atoms with van der Waals surface area (Å²) < 4.78 is 15.1. The predicted molar refractivity (Wildman–Crippen MR) is 189 cm³/mol. The fraction of sp³-hybridized carbons (Fsp3) is 0.182. The number of hydrogen-bond donors (Lipinski definition) is 1. The molecule has 0 spiro atoms. The Kier molecular flexibility index (Phi) is 14.3. The first-order chi connectivity index (χ1) is 21.4. The standard InChI is InChI=1S/C17H19BrN2O2.C11H8BrNO.C5H3Br2N/c18-16-11-15(12-19-13-16)14-1-3-17(4-2-14)22-10-7-20-5-8-21-9-6-20;12-10-5-9(6-13-7-10)8-1-3-11(14)4-2-8;6-4-1-5(7)3-8-2-4/h1-4,11-13H,5-10H2;1-7,14H;1-3H. The fourth-order valence-electron chi connectivity index (χ4n) is 4.04. The zero-order chi connectivity index (χ0) is 31.1. The van der Waals surface area contributed by atoms with Gasteiger partial charge in [0.15, 0.2) is 0 Å². The van der Waals surface area contributed by atoms with Gasteiger partial charge in [-0.2, -0.15) is 0 Å². The van der Waals surface area contributed by atoms with Gasteiger partial charge in [-0.05, 0) is 117 Å². The molecule has 5 aromatic rings. The van der Waals surface area contributed by atoms with Crippen LogP contribution >= 0.6 is 63.7 Å². The van der Waals surface area contributed by atoms with E-state index in [-0.39, 0.29) is 5.75 Å². The number of hydrogen-bond acceptors (Lipinski definition) is 7. The summed E-state index contributed by atoms with van der Waals surface area (Å²) in [5, 5.41) is 9.13. The maximum absolute atomic E-state index is 9.13. The summed E-state index contributed by atoms with van der Waals surface area (Å²) in [5.74, 6) is 1.18. The molecule has 1 fully saturated rings. The van der Waals surface area contributed by atoms with Gasteiger partial charge in [0.1, 0.15) is 18.1 Å². The third-order valence-electron chi connectivity index (χ3n) is 6.25. The van der Waals surface area contributed by atoms with Crippen molar-refractivity contribution in [3.63, 3.8) is 0 Å². The monoisotopic (exact) mass is 846 g/mol. The third kappa shape index (κ3) is 12.0. The van der Waals surface area contributed by atoms with Gasteiger partial charge in [-0.15, -0.1) is 0 Å². The molecule has 44 heavy (non-hydrogen) atoms. The van der Waals surface area contributed by atoms with Gasteiger partial charge in [0.2, 0.25) is 0 Å². The van der Waals surface area contributed by atoms with Crippen molar-refractivity contribution in [2.45, 2.75) is 0 Å². The van der Waals surface area contributed by atoms with E-state index in [1.165, 1.54) is 0 Å². The van der Waals surface area contributed by atoms with Crippen molar-refractivity contribution < 1.29 is 14.6 Å². The van der Waals surface area contributed by atoms with Gasteiger partial charge in [-0.3, -0.25) is 19.9 Å². The number of aromatic hydroxyl groups is 1. The average molecular weight is 850 g/mol. The van der Waals surface area contributed by atoms with E-state index in [9.17, 15) is 0 Å². The van der Waals surface area contributed by atoms with Crippen LogP contribution in [0, 0.1) is 0 Å². The summed E-state index contributed by atoms with van der Waals surface area (Å²) in [6, 6.07) is 21.2. The molecule has 0 unspecified atom stereocenters. The van der Waals surface area contributed by atoms with Crippen molar-refractivity contribution in [3.05, 3.63) is 122 Å². The van der Waals surface area contributed by atoms with Crippen molar-refractivity contribution in [1.29, 1.82) is 0 Å². The molecule has 1 aliphatic rings. The number of phenolic OH excluding ortho intramolecular Hbond substituents is 1. The largest absolute Gasteiger partial charge is 0.508 e. The lowest BCUT2D eigenvalue weighted by molar-refractivity contribution is 0.0322. The fourth-order valence-corrected chi connectivity index (χ4v) is 5.81. The summed E-state index contributed by atoms with van der Waals surface area (Å²) in [6.07, 6.45) is 10.7. The topological polar surface area (TPSA) is 80.6 Å². The number of pyridine rings is 3. The van der Waals surface area contributed by atoms with Crippen LogP contribution in [0.3, 0.4) is 0 Å². The number of halogens is 4. The molecule has 1 aliphatic heterocycles. The molecule has 2 aromatic carbocycles. The first-order valence-electron chi connectivity index (χ1n) is 13.7. The van der Waals surface area contributed by atoms with Crippen LogP contribution < -0.4 is 4.74 Å². The number of rotatable bonds is 6. The normalized spacial score (nSPS) is 12.7. The predicted octanol–water partition coefficient (Wildman–Crippen LogP) is 9.05. The van der Waals surface area contributed by atoms with E-state index in [1.54, 1.807) is 43.1 Å². The van der Waals surface area contributed by atoms with Crippen LogP contribution in [0.5, 0.6) is 11.5 Å². The molecule has 228 valence electrons. The molecule has 11 heteroatoms. The van der Waals surface area contributed by atoms with Crippen LogP contribution in [0.25, 0.3) is 22.3 Å². The highest BCUT2D eigenvalue weighted by Crippen LogP contribution is 2.25. The van der Waals surface area contributed by atoms with E-state index in [0.717, 1.165) is 78.7 Å². The van der Waals surface area contributed by atoms with E-state index in [0.29, 0.717) is 6.61 Å². The zero-order valence-electron chi connectivity index (χ0n) is 23.6. The molecular weight excluding hydrogens is 820 g/mol. The summed E-state index contributed by atoms with van der Waals surface area (Å²) in [7, 11) is 0. The summed E-state index contributed by atoms with van der Waals surface area (Å²) in [4.78, 5) is 14.5. The number of ether oxygens (including phenoxy) is 2. The Labute approximate surface area is 291 Å². The summed E-state index contributed by atoms with van der Waals surface area (Å²) in [5.41, 5.74) is 4.29. The smallest absolute Gasteiger partial charge is 0.119 e. The summed E-state index contributed by atoms with van der Waals surface area (Å²) >= 11 is 13.3. The van der Waals surface area contributed by atoms with Gasteiger partial charge >= 0.3 is 0 Å². The van der Waals surface area contributed by atoms with Crippen LogP contribution in [0.1, 0.15) is 0 Å². The lowest BCUT2D eigenvalue weighted by Gasteiger charge is -2.26. The van der Waals surface area contributed by atoms with E-state index < -0.39 is 0 Å². The first-order valence-corrected chi connectivity index (χ1v) is 16.8. The minimum Gasteiger partial charge on any atom is -0.508 e. The highest BCUT2D eigenvalue weighted by Gasteiger charge is 2.09.